The van der Waals surface area contributed by atoms with E-state index < -0.39 is 18.3 Å². The van der Waals surface area contributed by atoms with Gasteiger partial charge in [0.05, 0.1) is 11.9 Å². The average Bonchev–Trinajstić information content (AvgIpc) is 2.36. The van der Waals surface area contributed by atoms with E-state index >= 15 is 0 Å². The zero-order valence-corrected chi connectivity index (χ0v) is 11.4. The minimum Gasteiger partial charge on any atom is -0.379 e. The standard InChI is InChI=1S/C12H13ClF3N3O/c1-3-5-8(4-2)18-9-6-17-19(7-12(14,15)16)11(20)10(9)13/h1,6,8,18H,4-5,7H2,2H3. The van der Waals surface area contributed by atoms with Gasteiger partial charge in [-0.25, -0.2) is 4.68 Å². The predicted octanol–water partition coefficient (Wildman–Crippen LogP) is 2.67. The smallest absolute Gasteiger partial charge is 0.379 e. The molecule has 1 atom stereocenters. The minimum absolute atomic E-state index is 0.128. The Hall–Kier alpha value is -1.68. The molecule has 0 saturated heterocycles. The Bertz CT molecular complexity index is 563. The first-order valence-corrected chi connectivity index (χ1v) is 6.18. The number of nitrogens with one attached hydrogen (secondary N) is 1. The fourth-order valence-electron chi connectivity index (χ4n) is 1.51. The molecule has 0 aliphatic heterocycles. The molecule has 0 aliphatic rings. The Kier molecular flexibility index (Phi) is 5.45. The number of aromatic nitrogens is 2. The van der Waals surface area contributed by atoms with Gasteiger partial charge in [-0.1, -0.05) is 18.5 Å². The molecule has 8 heteroatoms. The summed E-state index contributed by atoms with van der Waals surface area (Å²) in [4.78, 5) is 11.7. The summed E-state index contributed by atoms with van der Waals surface area (Å²) in [5.74, 6) is 2.46. The molecular formula is C12H13ClF3N3O. The van der Waals surface area contributed by atoms with Crippen molar-refractivity contribution < 1.29 is 13.2 Å². The second-order valence-corrected chi connectivity index (χ2v) is 4.49. The van der Waals surface area contributed by atoms with Crippen molar-refractivity contribution in [1.82, 2.24) is 9.78 Å². The fourth-order valence-corrected chi connectivity index (χ4v) is 1.71. The molecule has 0 spiro atoms. The predicted molar refractivity (Wildman–Crippen MR) is 70.7 cm³/mol. The second kappa shape index (κ2) is 6.66. The van der Waals surface area contributed by atoms with Crippen LogP contribution in [0, 0.1) is 12.3 Å². The maximum absolute atomic E-state index is 12.2. The minimum atomic E-state index is -4.54. The van der Waals surface area contributed by atoms with Crippen LogP contribution in [-0.2, 0) is 6.54 Å². The molecule has 4 nitrogen and oxygen atoms in total. The maximum Gasteiger partial charge on any atom is 0.408 e. The summed E-state index contributed by atoms with van der Waals surface area (Å²) < 4.78 is 37.0. The number of nitrogens with zero attached hydrogens (tertiary/aromatic N) is 2. The molecule has 20 heavy (non-hydrogen) atoms. The van der Waals surface area contributed by atoms with Crippen molar-refractivity contribution in [2.45, 2.75) is 38.5 Å². The van der Waals surface area contributed by atoms with Crippen LogP contribution in [0.5, 0.6) is 0 Å². The fraction of sp³-hybridized carbons (Fsp3) is 0.500. The van der Waals surface area contributed by atoms with Crippen molar-refractivity contribution >= 4 is 17.3 Å². The van der Waals surface area contributed by atoms with Gasteiger partial charge in [0.25, 0.3) is 5.56 Å². The highest BCUT2D eigenvalue weighted by Gasteiger charge is 2.29. The molecule has 0 amide bonds. The SMILES string of the molecule is C#CCC(CC)Nc1cnn(CC(F)(F)F)c(=O)c1Cl. The summed E-state index contributed by atoms with van der Waals surface area (Å²) in [5.41, 5.74) is -0.818. The van der Waals surface area contributed by atoms with Crippen LogP contribution in [0.2, 0.25) is 5.02 Å². The lowest BCUT2D eigenvalue weighted by Crippen LogP contribution is -2.31. The van der Waals surface area contributed by atoms with Gasteiger partial charge in [0.15, 0.2) is 0 Å². The Morgan fingerprint density at radius 1 is 1.60 bits per heavy atom. The van der Waals surface area contributed by atoms with Gasteiger partial charge in [-0.05, 0) is 6.42 Å². The number of alkyl halides is 3. The van der Waals surface area contributed by atoms with Gasteiger partial charge in [0.2, 0.25) is 0 Å². The summed E-state index contributed by atoms with van der Waals surface area (Å²) >= 11 is 5.77. The Labute approximate surface area is 118 Å². The van der Waals surface area contributed by atoms with E-state index in [2.05, 4.69) is 16.3 Å². The van der Waals surface area contributed by atoms with Gasteiger partial charge in [-0.2, -0.15) is 18.3 Å². The van der Waals surface area contributed by atoms with Crippen LogP contribution in [-0.4, -0.2) is 22.0 Å². The molecule has 0 saturated carbocycles. The topological polar surface area (TPSA) is 46.9 Å². The number of rotatable bonds is 5. The van der Waals surface area contributed by atoms with Gasteiger partial charge in [-0.3, -0.25) is 4.79 Å². The van der Waals surface area contributed by atoms with Crippen molar-refractivity contribution in [3.8, 4) is 12.3 Å². The van der Waals surface area contributed by atoms with Crippen LogP contribution >= 0.6 is 11.6 Å². The zero-order valence-electron chi connectivity index (χ0n) is 10.7. The quantitative estimate of drug-likeness (QED) is 0.851. The third-order valence-corrected chi connectivity index (χ3v) is 2.90. The Balaban J connectivity index is 3.00. The van der Waals surface area contributed by atoms with E-state index in [4.69, 9.17) is 18.0 Å². The summed E-state index contributed by atoms with van der Waals surface area (Å²) in [6.45, 7) is 0.397. The summed E-state index contributed by atoms with van der Waals surface area (Å²) in [5, 5.41) is 6.02. The van der Waals surface area contributed by atoms with E-state index in [1.165, 1.54) is 0 Å². The third kappa shape index (κ3) is 4.46. The van der Waals surface area contributed by atoms with Crippen LogP contribution in [0.15, 0.2) is 11.0 Å². The normalized spacial score (nSPS) is 12.8. The van der Waals surface area contributed by atoms with Gasteiger partial charge in [-0.15, -0.1) is 12.3 Å². The van der Waals surface area contributed by atoms with Crippen molar-refractivity contribution in [2.75, 3.05) is 5.32 Å². The lowest BCUT2D eigenvalue weighted by atomic mass is 10.1. The highest BCUT2D eigenvalue weighted by molar-refractivity contribution is 6.32. The molecule has 0 aliphatic carbocycles. The highest BCUT2D eigenvalue weighted by atomic mass is 35.5. The van der Waals surface area contributed by atoms with Gasteiger partial charge < -0.3 is 5.32 Å². The second-order valence-electron chi connectivity index (χ2n) is 4.11. The van der Waals surface area contributed by atoms with Crippen LogP contribution < -0.4 is 10.9 Å². The molecule has 1 heterocycles. The van der Waals surface area contributed by atoms with Crippen LogP contribution in [0.3, 0.4) is 0 Å². The molecule has 0 fully saturated rings. The lowest BCUT2D eigenvalue weighted by Gasteiger charge is -2.17. The molecule has 1 N–H and O–H groups in total. The largest absolute Gasteiger partial charge is 0.408 e. The number of hydrogen-bond acceptors (Lipinski definition) is 3. The van der Waals surface area contributed by atoms with Crippen molar-refractivity contribution in [2.24, 2.45) is 0 Å². The number of anilines is 1. The summed E-state index contributed by atoms with van der Waals surface area (Å²) in [7, 11) is 0. The van der Waals surface area contributed by atoms with E-state index in [0.717, 1.165) is 6.20 Å². The zero-order chi connectivity index (χ0) is 15.3. The van der Waals surface area contributed by atoms with E-state index in [9.17, 15) is 18.0 Å². The highest BCUT2D eigenvalue weighted by Crippen LogP contribution is 2.20. The first kappa shape index (κ1) is 16.4. The first-order chi connectivity index (χ1) is 9.28. The molecule has 0 radical (unpaired) electrons. The number of halogens is 4. The summed E-state index contributed by atoms with van der Waals surface area (Å²) in [6.07, 6.45) is 2.82. The lowest BCUT2D eigenvalue weighted by molar-refractivity contribution is -0.143. The molecule has 1 unspecified atom stereocenters. The number of hydrogen-bond donors (Lipinski definition) is 1. The molecule has 110 valence electrons. The molecule has 0 aromatic carbocycles. The molecule has 1 aromatic rings. The molecule has 1 rings (SSSR count). The number of terminal acetylenes is 1. The van der Waals surface area contributed by atoms with Crippen molar-refractivity contribution in [1.29, 1.82) is 0 Å². The van der Waals surface area contributed by atoms with E-state index in [1.807, 2.05) is 6.92 Å². The van der Waals surface area contributed by atoms with E-state index in [0.29, 0.717) is 12.8 Å². The van der Waals surface area contributed by atoms with Gasteiger partial charge >= 0.3 is 6.18 Å². The van der Waals surface area contributed by atoms with Crippen LogP contribution in [0.25, 0.3) is 0 Å². The molecule has 1 aromatic heterocycles. The Morgan fingerprint density at radius 2 is 2.25 bits per heavy atom. The molecule has 0 bridgehead atoms. The monoisotopic (exact) mass is 307 g/mol. The van der Waals surface area contributed by atoms with Gasteiger partial charge in [0.1, 0.15) is 11.6 Å². The van der Waals surface area contributed by atoms with E-state index in [-0.39, 0.29) is 21.4 Å². The Morgan fingerprint density at radius 3 is 2.75 bits per heavy atom. The van der Waals surface area contributed by atoms with Gasteiger partial charge in [0, 0.05) is 12.5 Å². The van der Waals surface area contributed by atoms with Crippen molar-refractivity contribution in [3.63, 3.8) is 0 Å². The van der Waals surface area contributed by atoms with Crippen molar-refractivity contribution in [3.05, 3.63) is 21.6 Å². The molecular weight excluding hydrogens is 295 g/mol. The van der Waals surface area contributed by atoms with Crippen LogP contribution in [0.1, 0.15) is 19.8 Å². The average molecular weight is 308 g/mol. The van der Waals surface area contributed by atoms with Crippen LogP contribution in [0.4, 0.5) is 18.9 Å². The first-order valence-electron chi connectivity index (χ1n) is 5.80. The third-order valence-electron chi connectivity index (χ3n) is 2.53. The van der Waals surface area contributed by atoms with E-state index in [1.54, 1.807) is 0 Å². The maximum atomic E-state index is 12.2. The summed E-state index contributed by atoms with van der Waals surface area (Å²) in [6, 6.07) is -0.128.